The number of nitrogens with zero attached hydrogens (tertiary/aromatic N) is 3. The van der Waals surface area contributed by atoms with Crippen LogP contribution in [-0.4, -0.2) is 46.6 Å². The second-order valence-corrected chi connectivity index (χ2v) is 5.93. The molecule has 0 spiro atoms. The molecule has 0 fully saturated rings. The van der Waals surface area contributed by atoms with Crippen molar-refractivity contribution < 1.29 is 23.8 Å². The first kappa shape index (κ1) is 20.5. The number of ether oxygens (including phenoxy) is 1. The number of aromatic nitrogens is 2. The van der Waals surface area contributed by atoms with E-state index in [-0.39, 0.29) is 43.0 Å². The number of nitro groups is 1. The highest BCUT2D eigenvalue weighted by molar-refractivity contribution is 5.89. The first-order chi connectivity index (χ1) is 14.5. The number of carbonyl (C=O) groups is 2. The fourth-order valence-corrected chi connectivity index (χ4v) is 2.34. The lowest BCUT2D eigenvalue weighted by atomic mass is 10.2. The highest BCUT2D eigenvalue weighted by Crippen LogP contribution is 2.19. The van der Waals surface area contributed by atoms with Crippen molar-refractivity contribution in [3.63, 3.8) is 0 Å². The van der Waals surface area contributed by atoms with Crippen molar-refractivity contribution in [3.05, 3.63) is 70.6 Å². The van der Waals surface area contributed by atoms with E-state index in [0.717, 1.165) is 0 Å². The van der Waals surface area contributed by atoms with Crippen LogP contribution < -0.4 is 15.4 Å². The van der Waals surface area contributed by atoms with E-state index in [1.807, 2.05) is 6.07 Å². The normalized spacial score (nSPS) is 10.3. The van der Waals surface area contributed by atoms with Gasteiger partial charge in [-0.25, -0.2) is 0 Å². The van der Waals surface area contributed by atoms with E-state index in [1.54, 1.807) is 24.3 Å². The summed E-state index contributed by atoms with van der Waals surface area (Å²) >= 11 is 0. The summed E-state index contributed by atoms with van der Waals surface area (Å²) in [5.41, 5.74) is 0.394. The summed E-state index contributed by atoms with van der Waals surface area (Å²) in [4.78, 5) is 37.9. The predicted molar refractivity (Wildman–Crippen MR) is 104 cm³/mol. The molecule has 2 N–H and O–H groups in total. The van der Waals surface area contributed by atoms with Crippen LogP contribution >= 0.6 is 0 Å². The van der Waals surface area contributed by atoms with Crippen LogP contribution in [-0.2, 0) is 4.79 Å². The molecule has 0 unspecified atom stereocenters. The molecule has 1 aromatic heterocycles. The van der Waals surface area contributed by atoms with Gasteiger partial charge in [0.05, 0.1) is 4.92 Å². The van der Waals surface area contributed by atoms with E-state index in [2.05, 4.69) is 20.8 Å². The molecule has 3 aromatic rings. The number of hydrogen-bond acceptors (Lipinski definition) is 8. The lowest BCUT2D eigenvalue weighted by Gasteiger charge is -2.07. The standard InChI is InChI=1S/C19H17N5O6/c25-16(12-29-15-4-2-1-3-5-15)20-10-11-21-18(26)19-22-17(23-30-19)13-6-8-14(9-7-13)24(27)28/h1-9H,10-12H2,(H,20,25)(H,21,26). The van der Waals surface area contributed by atoms with Crippen molar-refractivity contribution >= 4 is 17.5 Å². The maximum Gasteiger partial charge on any atom is 0.316 e. The van der Waals surface area contributed by atoms with Gasteiger partial charge in [-0.1, -0.05) is 23.4 Å². The van der Waals surface area contributed by atoms with Crippen LogP contribution in [0.5, 0.6) is 5.75 Å². The second-order valence-electron chi connectivity index (χ2n) is 5.93. The quantitative estimate of drug-likeness (QED) is 0.306. The Bertz CT molecular complexity index is 1020. The highest BCUT2D eigenvalue weighted by Gasteiger charge is 2.16. The zero-order valence-corrected chi connectivity index (χ0v) is 15.6. The van der Waals surface area contributed by atoms with Crippen LogP contribution in [0.2, 0.25) is 0 Å². The van der Waals surface area contributed by atoms with E-state index in [9.17, 15) is 19.7 Å². The zero-order valence-electron chi connectivity index (χ0n) is 15.6. The first-order valence-corrected chi connectivity index (χ1v) is 8.84. The van der Waals surface area contributed by atoms with Gasteiger partial charge in [0.25, 0.3) is 11.6 Å². The molecule has 11 heteroatoms. The van der Waals surface area contributed by atoms with E-state index in [1.165, 1.54) is 24.3 Å². The Morgan fingerprint density at radius 2 is 1.73 bits per heavy atom. The fraction of sp³-hybridized carbons (Fsp3) is 0.158. The third kappa shape index (κ3) is 5.61. The lowest BCUT2D eigenvalue weighted by molar-refractivity contribution is -0.384. The molecule has 3 rings (SSSR count). The van der Waals surface area contributed by atoms with Gasteiger partial charge >= 0.3 is 11.8 Å². The molecule has 11 nitrogen and oxygen atoms in total. The number of para-hydroxylation sites is 1. The molecular formula is C19H17N5O6. The third-order valence-electron chi connectivity index (χ3n) is 3.80. The summed E-state index contributed by atoms with van der Waals surface area (Å²) in [6.45, 7) is 0.192. The fourth-order valence-electron chi connectivity index (χ4n) is 2.34. The van der Waals surface area contributed by atoms with Crippen LogP contribution in [0, 0.1) is 10.1 Å². The minimum Gasteiger partial charge on any atom is -0.484 e. The topological polar surface area (TPSA) is 149 Å². The molecule has 0 aliphatic rings. The number of non-ortho nitro benzene ring substituents is 1. The molecule has 30 heavy (non-hydrogen) atoms. The van der Waals surface area contributed by atoms with E-state index >= 15 is 0 Å². The van der Waals surface area contributed by atoms with E-state index in [0.29, 0.717) is 11.3 Å². The Balaban J connectivity index is 1.41. The summed E-state index contributed by atoms with van der Waals surface area (Å²) in [7, 11) is 0. The molecule has 0 atom stereocenters. The Morgan fingerprint density at radius 3 is 2.43 bits per heavy atom. The number of amides is 2. The molecule has 1 heterocycles. The smallest absolute Gasteiger partial charge is 0.316 e. The van der Waals surface area contributed by atoms with Crippen LogP contribution in [0.25, 0.3) is 11.4 Å². The Morgan fingerprint density at radius 1 is 1.03 bits per heavy atom. The average Bonchev–Trinajstić information content (AvgIpc) is 3.26. The summed E-state index contributed by atoms with van der Waals surface area (Å²) in [5.74, 6) is -0.485. The minimum atomic E-state index is -0.606. The molecular weight excluding hydrogens is 394 g/mol. The maximum atomic E-state index is 12.1. The highest BCUT2D eigenvalue weighted by atomic mass is 16.6. The van der Waals surface area contributed by atoms with Gasteiger partial charge in [-0.3, -0.25) is 19.7 Å². The van der Waals surface area contributed by atoms with Crippen LogP contribution in [0.1, 0.15) is 10.7 Å². The Hall–Kier alpha value is -4.28. The van der Waals surface area contributed by atoms with E-state index in [4.69, 9.17) is 9.26 Å². The number of hydrogen-bond donors (Lipinski definition) is 2. The summed E-state index contributed by atoms with van der Waals surface area (Å²) in [6.07, 6.45) is 0. The first-order valence-electron chi connectivity index (χ1n) is 8.84. The largest absolute Gasteiger partial charge is 0.484 e. The van der Waals surface area contributed by atoms with Gasteiger partial charge in [-0.15, -0.1) is 0 Å². The van der Waals surface area contributed by atoms with Gasteiger partial charge in [-0.05, 0) is 24.3 Å². The van der Waals surface area contributed by atoms with Gasteiger partial charge in [0, 0.05) is 30.8 Å². The molecule has 0 aliphatic heterocycles. The molecule has 0 aliphatic carbocycles. The Kier molecular flexibility index (Phi) is 6.66. The zero-order chi connectivity index (χ0) is 21.3. The van der Waals surface area contributed by atoms with Gasteiger partial charge in [0.15, 0.2) is 6.61 Å². The second kappa shape index (κ2) is 9.78. The molecule has 0 bridgehead atoms. The number of nitrogens with one attached hydrogen (secondary N) is 2. The molecule has 0 saturated carbocycles. The van der Waals surface area contributed by atoms with Gasteiger partial charge in [-0.2, -0.15) is 4.98 Å². The molecule has 0 radical (unpaired) electrons. The number of benzene rings is 2. The van der Waals surface area contributed by atoms with Crippen LogP contribution in [0.3, 0.4) is 0 Å². The van der Waals surface area contributed by atoms with Crippen molar-refractivity contribution in [1.82, 2.24) is 20.8 Å². The minimum absolute atomic E-state index is 0.0728. The third-order valence-corrected chi connectivity index (χ3v) is 3.80. The number of nitro benzene ring substituents is 1. The van der Waals surface area contributed by atoms with Gasteiger partial charge in [0.2, 0.25) is 5.82 Å². The van der Waals surface area contributed by atoms with Crippen molar-refractivity contribution in [1.29, 1.82) is 0 Å². The lowest BCUT2D eigenvalue weighted by Crippen LogP contribution is -2.36. The van der Waals surface area contributed by atoms with Gasteiger partial charge in [0.1, 0.15) is 5.75 Å². The van der Waals surface area contributed by atoms with Crippen molar-refractivity contribution in [2.75, 3.05) is 19.7 Å². The van der Waals surface area contributed by atoms with E-state index < -0.39 is 10.8 Å². The molecule has 154 valence electrons. The Labute approximate surface area is 170 Å². The van der Waals surface area contributed by atoms with Crippen molar-refractivity contribution in [2.45, 2.75) is 0 Å². The molecule has 2 amide bonds. The molecule has 2 aromatic carbocycles. The van der Waals surface area contributed by atoms with Crippen molar-refractivity contribution in [2.24, 2.45) is 0 Å². The summed E-state index contributed by atoms with van der Waals surface area (Å²) in [6, 6.07) is 14.4. The number of rotatable bonds is 9. The average molecular weight is 411 g/mol. The van der Waals surface area contributed by atoms with Crippen LogP contribution in [0.15, 0.2) is 59.1 Å². The number of carbonyl (C=O) groups excluding carboxylic acids is 2. The summed E-state index contributed by atoms with van der Waals surface area (Å²) in [5, 5.41) is 19.5. The maximum absolute atomic E-state index is 12.1. The predicted octanol–water partition coefficient (Wildman–Crippen LogP) is 1.57. The monoisotopic (exact) mass is 411 g/mol. The van der Waals surface area contributed by atoms with Crippen LogP contribution in [0.4, 0.5) is 5.69 Å². The van der Waals surface area contributed by atoms with Gasteiger partial charge < -0.3 is 19.9 Å². The molecule has 0 saturated heterocycles. The van der Waals surface area contributed by atoms with Crippen molar-refractivity contribution in [3.8, 4) is 17.1 Å². The summed E-state index contributed by atoms with van der Waals surface area (Å²) < 4.78 is 10.2. The SMILES string of the molecule is O=C(COc1ccccc1)NCCNC(=O)c1nc(-c2ccc([N+](=O)[O-])cc2)no1.